The highest BCUT2D eigenvalue weighted by Gasteiger charge is 2.31. The molecule has 2 heterocycles. The Kier molecular flexibility index (Phi) is 6.31. The molecule has 0 radical (unpaired) electrons. The van der Waals surface area contributed by atoms with Crippen molar-refractivity contribution in [2.45, 2.75) is 44.5 Å². The Bertz CT molecular complexity index is 817. The number of nitrogens with zero attached hydrogens (tertiary/aromatic N) is 3. The van der Waals surface area contributed by atoms with Gasteiger partial charge in [-0.05, 0) is 38.1 Å². The molecule has 2 aliphatic heterocycles. The number of piperidine rings is 1. The number of phenolic OH excluding ortho intramolecular Hbond substituents is 1. The molecule has 1 fully saturated rings. The minimum atomic E-state index is -2.96. The van der Waals surface area contributed by atoms with Gasteiger partial charge in [0.2, 0.25) is 0 Å². The molecule has 8 nitrogen and oxygen atoms in total. The molecule has 1 saturated heterocycles. The van der Waals surface area contributed by atoms with E-state index >= 15 is 0 Å². The van der Waals surface area contributed by atoms with Gasteiger partial charge in [-0.3, -0.25) is 9.69 Å². The van der Waals surface area contributed by atoms with Crippen LogP contribution in [-0.4, -0.2) is 53.4 Å². The molecule has 0 amide bonds. The summed E-state index contributed by atoms with van der Waals surface area (Å²) in [7, 11) is 1.78. The van der Waals surface area contributed by atoms with Gasteiger partial charge < -0.3 is 20.3 Å². The number of phenols is 1. The summed E-state index contributed by atoms with van der Waals surface area (Å²) in [5, 5.41) is 31.2. The van der Waals surface area contributed by atoms with Crippen LogP contribution in [0.4, 0.5) is 8.78 Å². The summed E-state index contributed by atoms with van der Waals surface area (Å²) in [6.45, 7) is -0.468. The number of carbonyl (C=O) groups is 1. The molecule has 1 aromatic rings. The SMILES string of the molecule is CC1C=C(NC2CCC(C(=O)O)N(C)C2)N=NC1c1ccc(OC(F)F)cc1O. The molecule has 4 atom stereocenters. The minimum absolute atomic E-state index is 0.0590. The third-order valence-corrected chi connectivity index (χ3v) is 5.22. The maximum absolute atomic E-state index is 12.3. The number of likely N-dealkylation sites (tertiary alicyclic amines) is 1. The topological polar surface area (TPSA) is 107 Å². The van der Waals surface area contributed by atoms with Gasteiger partial charge in [0.15, 0.2) is 0 Å². The van der Waals surface area contributed by atoms with Crippen LogP contribution in [0.25, 0.3) is 0 Å². The quantitative estimate of drug-likeness (QED) is 0.665. The van der Waals surface area contributed by atoms with Gasteiger partial charge in [-0.15, -0.1) is 5.11 Å². The first kappa shape index (κ1) is 21.0. The molecule has 29 heavy (non-hydrogen) atoms. The number of alkyl halides is 2. The summed E-state index contributed by atoms with van der Waals surface area (Å²) in [6, 6.07) is 3.13. The summed E-state index contributed by atoms with van der Waals surface area (Å²) in [5.74, 6) is -0.629. The van der Waals surface area contributed by atoms with Gasteiger partial charge in [0.25, 0.3) is 0 Å². The number of hydrogen-bond donors (Lipinski definition) is 3. The van der Waals surface area contributed by atoms with Crippen molar-refractivity contribution < 1.29 is 28.5 Å². The number of carboxylic acid groups (broad SMARTS) is 1. The number of rotatable bonds is 6. The Morgan fingerprint density at radius 2 is 2.14 bits per heavy atom. The van der Waals surface area contributed by atoms with E-state index in [9.17, 15) is 23.8 Å². The first-order valence-corrected chi connectivity index (χ1v) is 9.34. The van der Waals surface area contributed by atoms with Crippen LogP contribution in [0.15, 0.2) is 40.3 Å². The lowest BCUT2D eigenvalue weighted by Gasteiger charge is -2.35. The first-order chi connectivity index (χ1) is 13.7. The van der Waals surface area contributed by atoms with Crippen molar-refractivity contribution in [3.63, 3.8) is 0 Å². The van der Waals surface area contributed by atoms with E-state index in [1.165, 1.54) is 12.1 Å². The van der Waals surface area contributed by atoms with Crippen molar-refractivity contribution >= 4 is 5.97 Å². The fraction of sp³-hybridized carbons (Fsp3) is 0.526. The molecule has 0 saturated carbocycles. The van der Waals surface area contributed by atoms with Gasteiger partial charge in [-0.1, -0.05) is 6.92 Å². The van der Waals surface area contributed by atoms with Gasteiger partial charge in [0.1, 0.15) is 29.4 Å². The van der Waals surface area contributed by atoms with E-state index in [-0.39, 0.29) is 23.5 Å². The highest BCUT2D eigenvalue weighted by Crippen LogP contribution is 2.38. The molecule has 3 N–H and O–H groups in total. The maximum atomic E-state index is 12.3. The number of benzene rings is 1. The number of azo groups is 1. The second-order valence-electron chi connectivity index (χ2n) is 7.38. The Hall–Kier alpha value is -2.75. The van der Waals surface area contributed by atoms with Crippen LogP contribution in [0.5, 0.6) is 11.5 Å². The molecular weight excluding hydrogens is 386 g/mol. The fourth-order valence-electron chi connectivity index (χ4n) is 3.76. The molecule has 0 spiro atoms. The smallest absolute Gasteiger partial charge is 0.387 e. The van der Waals surface area contributed by atoms with E-state index in [0.717, 1.165) is 6.07 Å². The first-order valence-electron chi connectivity index (χ1n) is 9.34. The van der Waals surface area contributed by atoms with Crippen molar-refractivity contribution in [1.29, 1.82) is 0 Å². The van der Waals surface area contributed by atoms with Gasteiger partial charge in [-0.25, -0.2) is 0 Å². The van der Waals surface area contributed by atoms with Crippen LogP contribution < -0.4 is 10.1 Å². The summed E-state index contributed by atoms with van der Waals surface area (Å²) >= 11 is 0. The molecule has 0 aromatic heterocycles. The second kappa shape index (κ2) is 8.73. The fourth-order valence-corrected chi connectivity index (χ4v) is 3.76. The molecule has 158 valence electrons. The second-order valence-corrected chi connectivity index (χ2v) is 7.38. The summed E-state index contributed by atoms with van der Waals surface area (Å²) in [4.78, 5) is 13.0. The van der Waals surface area contributed by atoms with E-state index in [4.69, 9.17) is 0 Å². The van der Waals surface area contributed by atoms with E-state index in [1.807, 2.05) is 13.0 Å². The Morgan fingerprint density at radius 1 is 1.38 bits per heavy atom. The molecule has 2 aliphatic rings. The predicted molar refractivity (Wildman–Crippen MR) is 99.8 cm³/mol. The Balaban J connectivity index is 1.63. The van der Waals surface area contributed by atoms with Gasteiger partial charge in [0.05, 0.1) is 0 Å². The number of hydrogen-bond acceptors (Lipinski definition) is 7. The number of halogens is 2. The zero-order valence-corrected chi connectivity index (χ0v) is 16.1. The molecule has 1 aromatic carbocycles. The van der Waals surface area contributed by atoms with Crippen LogP contribution in [0.2, 0.25) is 0 Å². The molecule has 4 unspecified atom stereocenters. The van der Waals surface area contributed by atoms with Crippen molar-refractivity contribution in [3.05, 3.63) is 35.7 Å². The highest BCUT2D eigenvalue weighted by molar-refractivity contribution is 5.73. The number of ether oxygens (including phenoxy) is 1. The van der Waals surface area contributed by atoms with Gasteiger partial charge in [-0.2, -0.15) is 13.9 Å². The molecule has 10 heteroatoms. The average Bonchev–Trinajstić information content (AvgIpc) is 2.62. The van der Waals surface area contributed by atoms with E-state index < -0.39 is 24.7 Å². The monoisotopic (exact) mass is 410 g/mol. The number of carboxylic acids is 1. The number of aromatic hydroxyl groups is 1. The molecule has 3 rings (SSSR count). The summed E-state index contributed by atoms with van der Waals surface area (Å²) in [6.07, 6.45) is 3.15. The van der Waals surface area contributed by atoms with Crippen LogP contribution >= 0.6 is 0 Å². The van der Waals surface area contributed by atoms with Gasteiger partial charge >= 0.3 is 12.6 Å². The lowest BCUT2D eigenvalue weighted by atomic mass is 9.93. The van der Waals surface area contributed by atoms with E-state index in [2.05, 4.69) is 20.3 Å². The van der Waals surface area contributed by atoms with Crippen molar-refractivity contribution in [2.24, 2.45) is 16.1 Å². The number of aliphatic carboxylic acids is 1. The van der Waals surface area contributed by atoms with Crippen molar-refractivity contribution in [3.8, 4) is 11.5 Å². The minimum Gasteiger partial charge on any atom is -0.507 e. The van der Waals surface area contributed by atoms with Gasteiger partial charge in [0, 0.05) is 30.1 Å². The van der Waals surface area contributed by atoms with Crippen molar-refractivity contribution in [2.75, 3.05) is 13.6 Å². The maximum Gasteiger partial charge on any atom is 0.387 e. The predicted octanol–water partition coefficient (Wildman–Crippen LogP) is 3.12. The average molecular weight is 410 g/mol. The third-order valence-electron chi connectivity index (χ3n) is 5.22. The molecule has 0 aliphatic carbocycles. The van der Waals surface area contributed by atoms with Crippen molar-refractivity contribution in [1.82, 2.24) is 10.2 Å². The number of nitrogens with one attached hydrogen (secondary N) is 1. The van der Waals surface area contributed by atoms with Crippen LogP contribution in [0, 0.1) is 5.92 Å². The standard InChI is InChI=1S/C19H24F2N4O4/c1-10-7-16(22-11-3-6-14(18(27)28)25(2)9-11)23-24-17(10)13-5-4-12(8-15(13)26)29-19(20)21/h4-5,7-8,10-11,14,17,19,22,26H,3,6,9H2,1-2H3,(H,27,28). The Labute approximate surface area is 166 Å². The Morgan fingerprint density at radius 3 is 2.72 bits per heavy atom. The summed E-state index contributed by atoms with van der Waals surface area (Å²) < 4.78 is 28.9. The number of likely N-dealkylation sites (N-methyl/N-ethyl adjacent to an activating group) is 1. The largest absolute Gasteiger partial charge is 0.507 e. The highest BCUT2D eigenvalue weighted by atomic mass is 19.3. The molecular formula is C19H24F2N4O4. The third kappa shape index (κ3) is 5.00. The van der Waals surface area contributed by atoms with Crippen LogP contribution in [0.1, 0.15) is 31.4 Å². The summed E-state index contributed by atoms with van der Waals surface area (Å²) in [5.41, 5.74) is 0.472. The normalized spacial score (nSPS) is 27.6. The zero-order valence-electron chi connectivity index (χ0n) is 16.1. The van der Waals surface area contributed by atoms with Crippen LogP contribution in [0.3, 0.4) is 0 Å². The van der Waals surface area contributed by atoms with E-state index in [0.29, 0.717) is 30.8 Å². The lowest BCUT2D eigenvalue weighted by Crippen LogP contribution is -2.51. The lowest BCUT2D eigenvalue weighted by molar-refractivity contribution is -0.144. The van der Waals surface area contributed by atoms with E-state index in [1.54, 1.807) is 11.9 Å². The zero-order chi connectivity index (χ0) is 21.1. The molecule has 0 bridgehead atoms. The van der Waals surface area contributed by atoms with Crippen LogP contribution in [-0.2, 0) is 4.79 Å².